The first-order chi connectivity index (χ1) is 5.66. The highest BCUT2D eigenvalue weighted by atomic mass is 14.6. The topological polar surface area (TPSA) is 26.0 Å². The molecule has 0 aliphatic rings. The van der Waals surface area contributed by atoms with Crippen LogP contribution in [0.4, 0.5) is 5.69 Å². The average Bonchev–Trinajstić information content (AvgIpc) is 2.08. The monoisotopic (exact) mass is 161 g/mol. The van der Waals surface area contributed by atoms with Crippen molar-refractivity contribution in [1.29, 1.82) is 0 Å². The molecule has 0 aliphatic heterocycles. The molecule has 64 valence electrons. The second-order valence-electron chi connectivity index (χ2n) is 2.98. The average molecular weight is 161 g/mol. The summed E-state index contributed by atoms with van der Waals surface area (Å²) in [7, 11) is 0. The molecular formula is C11H15N. The molecular weight excluding hydrogens is 146 g/mol. The van der Waals surface area contributed by atoms with Crippen LogP contribution in [0.5, 0.6) is 0 Å². The largest absolute Gasteiger partial charge is 0.398 e. The van der Waals surface area contributed by atoms with Crippen LogP contribution in [0, 0.1) is 6.92 Å². The molecule has 0 spiro atoms. The smallest absolute Gasteiger partial charge is 0.0349 e. The highest BCUT2D eigenvalue weighted by Crippen LogP contribution is 2.23. The van der Waals surface area contributed by atoms with Gasteiger partial charge in [-0.2, -0.15) is 0 Å². The number of benzene rings is 1. The van der Waals surface area contributed by atoms with Crippen LogP contribution in [0.1, 0.15) is 24.5 Å². The van der Waals surface area contributed by atoms with Crippen molar-refractivity contribution in [3.05, 3.63) is 35.9 Å². The number of allylic oxidation sites excluding steroid dienone is 1. The standard InChI is InChI=1S/C11H15N/c1-4-8(2)10-6-5-7-11(12)9(10)3/h5-7H,2,4,12H2,1,3H3. The van der Waals surface area contributed by atoms with Crippen LogP contribution < -0.4 is 5.73 Å². The van der Waals surface area contributed by atoms with Gasteiger partial charge in [0.2, 0.25) is 0 Å². The van der Waals surface area contributed by atoms with Crippen molar-refractivity contribution in [2.24, 2.45) is 0 Å². The van der Waals surface area contributed by atoms with Crippen molar-refractivity contribution in [3.8, 4) is 0 Å². The first-order valence-corrected chi connectivity index (χ1v) is 4.20. The van der Waals surface area contributed by atoms with E-state index in [4.69, 9.17) is 5.73 Å². The molecule has 0 saturated carbocycles. The van der Waals surface area contributed by atoms with E-state index in [0.717, 1.165) is 23.2 Å². The number of nitrogen functional groups attached to an aromatic ring is 1. The Bertz CT molecular complexity index is 300. The Morgan fingerprint density at radius 1 is 1.50 bits per heavy atom. The molecule has 0 heterocycles. The number of hydrogen-bond acceptors (Lipinski definition) is 1. The summed E-state index contributed by atoms with van der Waals surface area (Å²) in [5.74, 6) is 0. The molecule has 1 aromatic carbocycles. The first kappa shape index (κ1) is 8.85. The lowest BCUT2D eigenvalue weighted by atomic mass is 9.99. The lowest BCUT2D eigenvalue weighted by Crippen LogP contribution is -1.93. The van der Waals surface area contributed by atoms with Crippen LogP contribution in [-0.2, 0) is 0 Å². The number of hydrogen-bond donors (Lipinski definition) is 1. The molecule has 0 amide bonds. The van der Waals surface area contributed by atoms with Crippen molar-refractivity contribution < 1.29 is 0 Å². The summed E-state index contributed by atoms with van der Waals surface area (Å²) in [6.07, 6.45) is 0.976. The highest BCUT2D eigenvalue weighted by Gasteiger charge is 2.02. The summed E-state index contributed by atoms with van der Waals surface area (Å²) in [5, 5.41) is 0. The van der Waals surface area contributed by atoms with Crippen LogP contribution in [0.15, 0.2) is 24.8 Å². The Labute approximate surface area is 73.9 Å². The Morgan fingerprint density at radius 3 is 2.75 bits per heavy atom. The zero-order valence-corrected chi connectivity index (χ0v) is 7.72. The molecule has 2 N–H and O–H groups in total. The van der Waals surface area contributed by atoms with Crippen LogP contribution in [0.3, 0.4) is 0 Å². The second kappa shape index (κ2) is 3.44. The predicted molar refractivity (Wildman–Crippen MR) is 54.9 cm³/mol. The molecule has 1 nitrogen and oxygen atoms in total. The molecule has 0 radical (unpaired) electrons. The van der Waals surface area contributed by atoms with Crippen molar-refractivity contribution in [2.75, 3.05) is 5.73 Å². The molecule has 0 aromatic heterocycles. The van der Waals surface area contributed by atoms with Gasteiger partial charge in [-0.3, -0.25) is 0 Å². The summed E-state index contributed by atoms with van der Waals surface area (Å²) in [6, 6.07) is 5.96. The Hall–Kier alpha value is -1.24. The molecule has 0 atom stereocenters. The number of nitrogens with two attached hydrogens (primary N) is 1. The fourth-order valence-electron chi connectivity index (χ4n) is 1.23. The molecule has 0 saturated heterocycles. The highest BCUT2D eigenvalue weighted by molar-refractivity contribution is 5.70. The van der Waals surface area contributed by atoms with Gasteiger partial charge in [0.1, 0.15) is 0 Å². The van der Waals surface area contributed by atoms with E-state index in [1.807, 2.05) is 19.1 Å². The predicted octanol–water partition coefficient (Wildman–Crippen LogP) is 3.00. The van der Waals surface area contributed by atoms with Gasteiger partial charge in [0.15, 0.2) is 0 Å². The van der Waals surface area contributed by atoms with E-state index in [1.54, 1.807) is 0 Å². The van der Waals surface area contributed by atoms with E-state index in [1.165, 1.54) is 5.56 Å². The van der Waals surface area contributed by atoms with Gasteiger partial charge in [0.05, 0.1) is 0 Å². The SMILES string of the molecule is C=C(CC)c1cccc(N)c1C. The van der Waals surface area contributed by atoms with Gasteiger partial charge in [-0.05, 0) is 36.1 Å². The summed E-state index contributed by atoms with van der Waals surface area (Å²) >= 11 is 0. The van der Waals surface area contributed by atoms with Crippen molar-refractivity contribution >= 4 is 11.3 Å². The fraction of sp³-hybridized carbons (Fsp3) is 0.273. The number of rotatable bonds is 2. The zero-order chi connectivity index (χ0) is 9.14. The third-order valence-electron chi connectivity index (χ3n) is 2.18. The Balaban J connectivity index is 3.16. The normalized spacial score (nSPS) is 9.83. The van der Waals surface area contributed by atoms with Crippen LogP contribution in [0.2, 0.25) is 0 Å². The maximum atomic E-state index is 5.77. The molecule has 1 heteroatoms. The van der Waals surface area contributed by atoms with E-state index in [0.29, 0.717) is 0 Å². The summed E-state index contributed by atoms with van der Waals surface area (Å²) in [4.78, 5) is 0. The van der Waals surface area contributed by atoms with Crippen molar-refractivity contribution in [2.45, 2.75) is 20.3 Å². The third-order valence-corrected chi connectivity index (χ3v) is 2.18. The van der Waals surface area contributed by atoms with Gasteiger partial charge in [-0.25, -0.2) is 0 Å². The Kier molecular flexibility index (Phi) is 2.54. The van der Waals surface area contributed by atoms with Gasteiger partial charge in [-0.15, -0.1) is 0 Å². The summed E-state index contributed by atoms with van der Waals surface area (Å²) in [6.45, 7) is 8.13. The van der Waals surface area contributed by atoms with E-state index in [-0.39, 0.29) is 0 Å². The minimum absolute atomic E-state index is 0.849. The number of anilines is 1. The van der Waals surface area contributed by atoms with E-state index in [2.05, 4.69) is 19.6 Å². The summed E-state index contributed by atoms with van der Waals surface area (Å²) < 4.78 is 0. The minimum Gasteiger partial charge on any atom is -0.398 e. The molecule has 1 rings (SSSR count). The van der Waals surface area contributed by atoms with E-state index >= 15 is 0 Å². The van der Waals surface area contributed by atoms with Crippen LogP contribution in [-0.4, -0.2) is 0 Å². The minimum atomic E-state index is 0.849. The van der Waals surface area contributed by atoms with E-state index < -0.39 is 0 Å². The molecule has 12 heavy (non-hydrogen) atoms. The first-order valence-electron chi connectivity index (χ1n) is 4.20. The van der Waals surface area contributed by atoms with E-state index in [9.17, 15) is 0 Å². The third kappa shape index (κ3) is 1.50. The molecule has 0 fully saturated rings. The maximum absolute atomic E-state index is 5.77. The second-order valence-corrected chi connectivity index (χ2v) is 2.98. The maximum Gasteiger partial charge on any atom is 0.0349 e. The van der Waals surface area contributed by atoms with Gasteiger partial charge in [0, 0.05) is 5.69 Å². The Morgan fingerprint density at radius 2 is 2.17 bits per heavy atom. The molecule has 1 aromatic rings. The lowest BCUT2D eigenvalue weighted by molar-refractivity contribution is 1.23. The molecule has 0 unspecified atom stereocenters. The van der Waals surface area contributed by atoms with Gasteiger partial charge >= 0.3 is 0 Å². The zero-order valence-electron chi connectivity index (χ0n) is 7.72. The van der Waals surface area contributed by atoms with Gasteiger partial charge in [0.25, 0.3) is 0 Å². The summed E-state index contributed by atoms with van der Waals surface area (Å²) in [5.41, 5.74) is 10.1. The van der Waals surface area contributed by atoms with Gasteiger partial charge < -0.3 is 5.73 Å². The fourth-order valence-corrected chi connectivity index (χ4v) is 1.23. The van der Waals surface area contributed by atoms with Crippen LogP contribution >= 0.6 is 0 Å². The van der Waals surface area contributed by atoms with Crippen molar-refractivity contribution in [1.82, 2.24) is 0 Å². The van der Waals surface area contributed by atoms with Crippen LogP contribution in [0.25, 0.3) is 5.57 Å². The van der Waals surface area contributed by atoms with Gasteiger partial charge in [-0.1, -0.05) is 25.6 Å². The van der Waals surface area contributed by atoms with Crippen molar-refractivity contribution in [3.63, 3.8) is 0 Å². The molecule has 0 bridgehead atoms. The quantitative estimate of drug-likeness (QED) is 0.663. The molecule has 0 aliphatic carbocycles. The lowest BCUT2D eigenvalue weighted by Gasteiger charge is -2.08.